The van der Waals surface area contributed by atoms with Crippen LogP contribution in [0.3, 0.4) is 0 Å². The molecule has 2 aromatic rings. The van der Waals surface area contributed by atoms with Crippen LogP contribution in [0.4, 0.5) is 0 Å². The second kappa shape index (κ2) is 6.69. The number of hydrogen-bond donors (Lipinski definition) is 1. The molecule has 0 saturated heterocycles. The van der Waals surface area contributed by atoms with Gasteiger partial charge in [0.1, 0.15) is 0 Å². The molecule has 1 N–H and O–H groups in total. The Labute approximate surface area is 128 Å². The highest BCUT2D eigenvalue weighted by atomic mass is 79.9. The predicted octanol–water partition coefficient (Wildman–Crippen LogP) is 5.55. The molecular weight excluding hydrogens is 318 g/mol. The summed E-state index contributed by atoms with van der Waals surface area (Å²) in [7, 11) is 0. The van der Waals surface area contributed by atoms with E-state index < -0.39 is 0 Å². The van der Waals surface area contributed by atoms with Crippen LogP contribution >= 0.6 is 27.3 Å². The minimum atomic E-state index is 0.438. The molecule has 2 rings (SSSR count). The van der Waals surface area contributed by atoms with Crippen LogP contribution in [0.15, 0.2) is 34.8 Å². The number of halogens is 1. The van der Waals surface area contributed by atoms with E-state index in [9.17, 15) is 0 Å². The fraction of sp³-hybridized carbons (Fsp3) is 0.375. The fourth-order valence-electron chi connectivity index (χ4n) is 1.95. The second-order valence-corrected chi connectivity index (χ2v) is 6.81. The van der Waals surface area contributed by atoms with Crippen molar-refractivity contribution in [3.63, 3.8) is 0 Å². The molecule has 1 atom stereocenters. The van der Waals surface area contributed by atoms with Crippen LogP contribution in [0, 0.1) is 6.92 Å². The van der Waals surface area contributed by atoms with Crippen LogP contribution in [-0.2, 0) is 0 Å². The monoisotopic (exact) mass is 337 g/mol. The van der Waals surface area contributed by atoms with Gasteiger partial charge in [-0.05, 0) is 56.1 Å². The molecule has 3 heteroatoms. The van der Waals surface area contributed by atoms with Gasteiger partial charge in [0.05, 0.1) is 0 Å². The molecule has 1 aromatic carbocycles. The first-order valence-electron chi connectivity index (χ1n) is 6.71. The zero-order valence-electron chi connectivity index (χ0n) is 11.7. The molecule has 0 spiro atoms. The Morgan fingerprint density at radius 3 is 2.74 bits per heavy atom. The van der Waals surface area contributed by atoms with E-state index >= 15 is 0 Å². The van der Waals surface area contributed by atoms with Gasteiger partial charge in [0.15, 0.2) is 0 Å². The number of nitrogens with one attached hydrogen (secondary N) is 1. The van der Waals surface area contributed by atoms with Crippen molar-refractivity contribution < 1.29 is 0 Å². The summed E-state index contributed by atoms with van der Waals surface area (Å²) >= 11 is 5.48. The molecule has 102 valence electrons. The summed E-state index contributed by atoms with van der Waals surface area (Å²) in [5.74, 6) is 0. The molecule has 1 aromatic heterocycles. The smallest absolute Gasteiger partial charge is 0.0386 e. The maximum absolute atomic E-state index is 3.61. The van der Waals surface area contributed by atoms with Gasteiger partial charge in [0.2, 0.25) is 0 Å². The lowest BCUT2D eigenvalue weighted by Gasteiger charge is -2.10. The van der Waals surface area contributed by atoms with E-state index in [4.69, 9.17) is 0 Å². The van der Waals surface area contributed by atoms with E-state index in [1.54, 1.807) is 0 Å². The van der Waals surface area contributed by atoms with Crippen molar-refractivity contribution in [2.24, 2.45) is 0 Å². The van der Waals surface area contributed by atoms with Crippen LogP contribution in [0.1, 0.15) is 36.8 Å². The zero-order valence-corrected chi connectivity index (χ0v) is 14.1. The van der Waals surface area contributed by atoms with Crippen LogP contribution in [0.25, 0.3) is 10.4 Å². The lowest BCUT2D eigenvalue weighted by molar-refractivity contribution is 0.578. The highest BCUT2D eigenvalue weighted by Gasteiger charge is 2.09. The third-order valence-corrected chi connectivity index (χ3v) is 5.38. The summed E-state index contributed by atoms with van der Waals surface area (Å²) < 4.78 is 1.18. The topological polar surface area (TPSA) is 12.0 Å². The normalized spacial score (nSPS) is 12.6. The van der Waals surface area contributed by atoms with Crippen molar-refractivity contribution in [3.8, 4) is 10.4 Å². The Kier molecular flexibility index (Phi) is 5.20. The Morgan fingerprint density at radius 1 is 1.26 bits per heavy atom. The van der Waals surface area contributed by atoms with Crippen LogP contribution in [-0.4, -0.2) is 6.54 Å². The third kappa shape index (κ3) is 3.68. The summed E-state index contributed by atoms with van der Waals surface area (Å²) in [5, 5.41) is 3.54. The SMILES string of the molecule is CCCNC(C)c1ccc(-c2ccc(C)c(Br)c2)s1. The predicted molar refractivity (Wildman–Crippen MR) is 88.9 cm³/mol. The number of hydrogen-bond acceptors (Lipinski definition) is 2. The van der Waals surface area contributed by atoms with E-state index in [-0.39, 0.29) is 0 Å². The molecule has 0 aliphatic heterocycles. The minimum Gasteiger partial charge on any atom is -0.309 e. The van der Waals surface area contributed by atoms with Crippen molar-refractivity contribution in [2.75, 3.05) is 6.54 Å². The molecule has 0 bridgehead atoms. The lowest BCUT2D eigenvalue weighted by Crippen LogP contribution is -2.18. The number of thiophene rings is 1. The summed E-state index contributed by atoms with van der Waals surface area (Å²) in [5.41, 5.74) is 2.56. The highest BCUT2D eigenvalue weighted by molar-refractivity contribution is 9.10. The number of aryl methyl sites for hydroxylation is 1. The maximum atomic E-state index is 3.61. The molecule has 19 heavy (non-hydrogen) atoms. The third-order valence-electron chi connectivity index (χ3n) is 3.21. The van der Waals surface area contributed by atoms with Crippen molar-refractivity contribution in [1.29, 1.82) is 0 Å². The Morgan fingerprint density at radius 2 is 2.05 bits per heavy atom. The van der Waals surface area contributed by atoms with E-state index in [0.717, 1.165) is 6.54 Å². The van der Waals surface area contributed by atoms with E-state index in [2.05, 4.69) is 72.3 Å². The van der Waals surface area contributed by atoms with Crippen LogP contribution in [0.2, 0.25) is 0 Å². The summed E-state index contributed by atoms with van der Waals surface area (Å²) in [6.45, 7) is 7.62. The van der Waals surface area contributed by atoms with E-state index in [1.807, 2.05) is 11.3 Å². The average molecular weight is 338 g/mol. The van der Waals surface area contributed by atoms with Gasteiger partial charge in [-0.25, -0.2) is 0 Å². The molecule has 0 radical (unpaired) electrons. The molecule has 0 aliphatic rings. The lowest BCUT2D eigenvalue weighted by atomic mass is 10.1. The number of rotatable bonds is 5. The Bertz CT molecular complexity index is 547. The largest absolute Gasteiger partial charge is 0.309 e. The quantitative estimate of drug-likeness (QED) is 0.754. The molecule has 0 aliphatic carbocycles. The second-order valence-electron chi connectivity index (χ2n) is 4.84. The van der Waals surface area contributed by atoms with Crippen LogP contribution < -0.4 is 5.32 Å². The van der Waals surface area contributed by atoms with Gasteiger partial charge in [-0.2, -0.15) is 0 Å². The first-order chi connectivity index (χ1) is 9.11. The molecule has 1 heterocycles. The molecule has 0 fully saturated rings. The van der Waals surface area contributed by atoms with Gasteiger partial charge in [-0.1, -0.05) is 35.0 Å². The van der Waals surface area contributed by atoms with E-state index in [0.29, 0.717) is 6.04 Å². The molecule has 0 amide bonds. The first kappa shape index (κ1) is 14.8. The van der Waals surface area contributed by atoms with Crippen LogP contribution in [0.5, 0.6) is 0 Å². The standard InChI is InChI=1S/C16H20BrNS/c1-4-9-18-12(3)15-7-8-16(19-15)13-6-5-11(2)14(17)10-13/h5-8,10,12,18H,4,9H2,1-3H3. The van der Waals surface area contributed by atoms with Gasteiger partial charge in [-0.15, -0.1) is 11.3 Å². The summed E-state index contributed by atoms with van der Waals surface area (Å²) in [6, 6.07) is 11.5. The highest BCUT2D eigenvalue weighted by Crippen LogP contribution is 2.33. The fourth-order valence-corrected chi connectivity index (χ4v) is 3.36. The maximum Gasteiger partial charge on any atom is 0.0386 e. The summed E-state index contributed by atoms with van der Waals surface area (Å²) in [6.07, 6.45) is 1.17. The summed E-state index contributed by atoms with van der Waals surface area (Å²) in [4.78, 5) is 2.74. The molecule has 0 saturated carbocycles. The first-order valence-corrected chi connectivity index (χ1v) is 8.32. The van der Waals surface area contributed by atoms with Gasteiger partial charge >= 0.3 is 0 Å². The van der Waals surface area contributed by atoms with Gasteiger partial charge in [0, 0.05) is 20.3 Å². The van der Waals surface area contributed by atoms with Crippen molar-refractivity contribution in [2.45, 2.75) is 33.2 Å². The van der Waals surface area contributed by atoms with Crippen molar-refractivity contribution >= 4 is 27.3 Å². The average Bonchev–Trinajstić information content (AvgIpc) is 2.89. The molecular formula is C16H20BrNS. The molecule has 1 nitrogen and oxygen atoms in total. The van der Waals surface area contributed by atoms with Gasteiger partial charge in [-0.3, -0.25) is 0 Å². The Balaban J connectivity index is 2.18. The number of benzene rings is 1. The molecule has 1 unspecified atom stereocenters. The minimum absolute atomic E-state index is 0.438. The van der Waals surface area contributed by atoms with Gasteiger partial charge in [0.25, 0.3) is 0 Å². The van der Waals surface area contributed by atoms with Gasteiger partial charge < -0.3 is 5.32 Å². The van der Waals surface area contributed by atoms with E-state index in [1.165, 1.54) is 31.8 Å². The van der Waals surface area contributed by atoms with Crippen molar-refractivity contribution in [1.82, 2.24) is 5.32 Å². The van der Waals surface area contributed by atoms with Crippen molar-refractivity contribution in [3.05, 3.63) is 45.2 Å². The Hall–Kier alpha value is -0.640. The zero-order chi connectivity index (χ0) is 13.8.